The smallest absolute Gasteiger partial charge is 0.241 e. The zero-order valence-corrected chi connectivity index (χ0v) is 12.8. The summed E-state index contributed by atoms with van der Waals surface area (Å²) in [6.07, 6.45) is 0. The molecule has 0 aliphatic carbocycles. The van der Waals surface area contributed by atoms with Crippen molar-refractivity contribution in [1.82, 2.24) is 10.2 Å². The number of methoxy groups -OCH3 is 1. The van der Waals surface area contributed by atoms with Gasteiger partial charge in [-0.2, -0.15) is 0 Å². The summed E-state index contributed by atoms with van der Waals surface area (Å²) in [6, 6.07) is 4.52. The number of carbonyl (C=O) groups is 2. The van der Waals surface area contributed by atoms with Gasteiger partial charge >= 0.3 is 0 Å². The Morgan fingerprint density at radius 2 is 2.10 bits per heavy atom. The van der Waals surface area contributed by atoms with Crippen LogP contribution in [0.15, 0.2) is 18.2 Å². The highest BCUT2D eigenvalue weighted by molar-refractivity contribution is 5.96. The molecule has 7 heteroatoms. The molecule has 2 amide bonds. The normalized spacial score (nSPS) is 11.9. The van der Waals surface area contributed by atoms with E-state index < -0.39 is 6.04 Å². The maximum Gasteiger partial charge on any atom is 0.241 e. The largest absolute Gasteiger partial charge is 0.495 e. The van der Waals surface area contributed by atoms with Crippen LogP contribution in [0.3, 0.4) is 0 Å². The lowest BCUT2D eigenvalue weighted by molar-refractivity contribution is -0.124. The summed E-state index contributed by atoms with van der Waals surface area (Å²) in [5.74, 6) is 0.127. The number of benzene rings is 1. The molecule has 0 saturated carbocycles. The predicted molar refractivity (Wildman–Crippen MR) is 82.2 cm³/mol. The Hall–Kier alpha value is -2.28. The monoisotopic (exact) mass is 294 g/mol. The van der Waals surface area contributed by atoms with Crippen molar-refractivity contribution in [3.63, 3.8) is 0 Å². The highest BCUT2D eigenvalue weighted by Crippen LogP contribution is 2.26. The molecule has 0 aliphatic rings. The van der Waals surface area contributed by atoms with E-state index in [1.165, 1.54) is 7.11 Å². The lowest BCUT2D eigenvalue weighted by Gasteiger charge is -2.23. The molecule has 0 aromatic heterocycles. The number of rotatable bonds is 6. The van der Waals surface area contributed by atoms with Gasteiger partial charge in [0.1, 0.15) is 5.75 Å². The minimum absolute atomic E-state index is 0.138. The fraction of sp³-hybridized carbons (Fsp3) is 0.429. The molecule has 0 spiro atoms. The summed E-state index contributed by atoms with van der Waals surface area (Å²) in [6.45, 7) is 1.86. The zero-order chi connectivity index (χ0) is 16.0. The highest BCUT2D eigenvalue weighted by Gasteiger charge is 2.20. The Labute approximate surface area is 124 Å². The molecule has 4 N–H and O–H groups in total. The van der Waals surface area contributed by atoms with Gasteiger partial charge in [0.05, 0.1) is 25.4 Å². The van der Waals surface area contributed by atoms with E-state index in [1.807, 2.05) is 0 Å². The van der Waals surface area contributed by atoms with Crippen LogP contribution in [0.4, 0.5) is 11.4 Å². The zero-order valence-electron chi connectivity index (χ0n) is 12.8. The van der Waals surface area contributed by atoms with Gasteiger partial charge in [-0.05, 0) is 32.2 Å². The molecular weight excluding hydrogens is 272 g/mol. The van der Waals surface area contributed by atoms with Gasteiger partial charge in [0.25, 0.3) is 0 Å². The van der Waals surface area contributed by atoms with Crippen LogP contribution in [-0.2, 0) is 9.59 Å². The van der Waals surface area contributed by atoms with E-state index in [4.69, 9.17) is 10.5 Å². The third kappa shape index (κ3) is 4.64. The second-order valence-corrected chi connectivity index (χ2v) is 4.71. The van der Waals surface area contributed by atoms with E-state index >= 15 is 0 Å². The van der Waals surface area contributed by atoms with E-state index in [9.17, 15) is 9.59 Å². The summed E-state index contributed by atoms with van der Waals surface area (Å²) < 4.78 is 5.18. The molecule has 0 aliphatic heterocycles. The van der Waals surface area contributed by atoms with Crippen LogP contribution >= 0.6 is 0 Å². The maximum atomic E-state index is 12.2. The number of carbonyl (C=O) groups excluding carboxylic acids is 2. The van der Waals surface area contributed by atoms with Crippen molar-refractivity contribution in [2.24, 2.45) is 0 Å². The number of nitrogens with zero attached hydrogens (tertiary/aromatic N) is 1. The van der Waals surface area contributed by atoms with E-state index in [1.54, 1.807) is 44.1 Å². The molecule has 1 aromatic rings. The van der Waals surface area contributed by atoms with Crippen LogP contribution in [0.25, 0.3) is 0 Å². The van der Waals surface area contributed by atoms with Crippen molar-refractivity contribution >= 4 is 23.2 Å². The summed E-state index contributed by atoms with van der Waals surface area (Å²) in [4.78, 5) is 25.2. The minimum Gasteiger partial charge on any atom is -0.495 e. The van der Waals surface area contributed by atoms with E-state index in [-0.39, 0.29) is 18.4 Å². The van der Waals surface area contributed by atoms with Gasteiger partial charge in [0.2, 0.25) is 11.8 Å². The fourth-order valence-corrected chi connectivity index (χ4v) is 1.70. The minimum atomic E-state index is -0.478. The SMILES string of the molecule is CNC(=O)CN(C)C(C)C(=O)Nc1cc(N)ccc1OC. The molecule has 21 heavy (non-hydrogen) atoms. The first kappa shape index (κ1) is 16.8. The molecule has 0 heterocycles. The molecule has 1 unspecified atom stereocenters. The van der Waals surface area contributed by atoms with Crippen molar-refractivity contribution < 1.29 is 14.3 Å². The van der Waals surface area contributed by atoms with E-state index in [0.717, 1.165) is 0 Å². The number of amides is 2. The van der Waals surface area contributed by atoms with Crippen LogP contribution in [0.1, 0.15) is 6.92 Å². The van der Waals surface area contributed by atoms with Crippen LogP contribution in [-0.4, -0.2) is 50.5 Å². The quantitative estimate of drug-likeness (QED) is 0.655. The topological polar surface area (TPSA) is 96.7 Å². The predicted octanol–water partition coefficient (Wildman–Crippen LogP) is 0.282. The lowest BCUT2D eigenvalue weighted by Crippen LogP contribution is -2.44. The van der Waals surface area contributed by atoms with Crippen molar-refractivity contribution in [3.05, 3.63) is 18.2 Å². The van der Waals surface area contributed by atoms with Crippen molar-refractivity contribution in [1.29, 1.82) is 0 Å². The summed E-state index contributed by atoms with van der Waals surface area (Å²) >= 11 is 0. The average molecular weight is 294 g/mol. The van der Waals surface area contributed by atoms with Crippen LogP contribution < -0.4 is 21.1 Å². The second-order valence-electron chi connectivity index (χ2n) is 4.71. The standard InChI is InChI=1S/C14H22N4O3/c1-9(18(3)8-13(19)16-2)14(20)17-11-7-10(15)5-6-12(11)21-4/h5-7,9H,8,15H2,1-4H3,(H,16,19)(H,17,20). The first-order chi connectivity index (χ1) is 9.88. The molecule has 0 fully saturated rings. The van der Waals surface area contributed by atoms with Crippen molar-refractivity contribution in [2.45, 2.75) is 13.0 Å². The van der Waals surface area contributed by atoms with Crippen molar-refractivity contribution in [2.75, 3.05) is 38.8 Å². The highest BCUT2D eigenvalue weighted by atomic mass is 16.5. The number of nitrogens with one attached hydrogen (secondary N) is 2. The maximum absolute atomic E-state index is 12.2. The van der Waals surface area contributed by atoms with E-state index in [2.05, 4.69) is 10.6 Å². The number of hydrogen-bond acceptors (Lipinski definition) is 5. The molecule has 1 atom stereocenters. The Morgan fingerprint density at radius 1 is 1.43 bits per heavy atom. The molecule has 1 aromatic carbocycles. The molecule has 0 bridgehead atoms. The number of likely N-dealkylation sites (N-methyl/N-ethyl adjacent to an activating group) is 2. The molecule has 0 saturated heterocycles. The lowest BCUT2D eigenvalue weighted by atomic mass is 10.2. The molecule has 116 valence electrons. The number of ether oxygens (including phenoxy) is 1. The Balaban J connectivity index is 2.76. The fourth-order valence-electron chi connectivity index (χ4n) is 1.70. The summed E-state index contributed by atoms with van der Waals surface area (Å²) in [5.41, 5.74) is 6.74. The summed E-state index contributed by atoms with van der Waals surface area (Å²) in [7, 11) is 4.77. The Kier molecular flexibility index (Phi) is 5.98. The van der Waals surface area contributed by atoms with Gasteiger partial charge in [0.15, 0.2) is 0 Å². The van der Waals surface area contributed by atoms with Gasteiger partial charge < -0.3 is 21.1 Å². The third-order valence-electron chi connectivity index (χ3n) is 3.19. The molecule has 7 nitrogen and oxygen atoms in total. The average Bonchev–Trinajstić information content (AvgIpc) is 2.46. The van der Waals surface area contributed by atoms with Crippen LogP contribution in [0, 0.1) is 0 Å². The van der Waals surface area contributed by atoms with Gasteiger partial charge in [0, 0.05) is 12.7 Å². The summed E-state index contributed by atoms with van der Waals surface area (Å²) in [5, 5.41) is 5.27. The molecular formula is C14H22N4O3. The Bertz CT molecular complexity index is 519. The van der Waals surface area contributed by atoms with Crippen LogP contribution in [0.5, 0.6) is 5.75 Å². The van der Waals surface area contributed by atoms with Crippen LogP contribution in [0.2, 0.25) is 0 Å². The number of nitrogens with two attached hydrogens (primary N) is 1. The van der Waals surface area contributed by atoms with Gasteiger partial charge in [-0.15, -0.1) is 0 Å². The third-order valence-corrected chi connectivity index (χ3v) is 3.19. The van der Waals surface area contributed by atoms with Gasteiger partial charge in [-0.3, -0.25) is 14.5 Å². The first-order valence-corrected chi connectivity index (χ1v) is 6.54. The second kappa shape index (κ2) is 7.49. The Morgan fingerprint density at radius 3 is 2.67 bits per heavy atom. The molecule has 1 rings (SSSR count). The van der Waals surface area contributed by atoms with Gasteiger partial charge in [-0.25, -0.2) is 0 Å². The number of anilines is 2. The van der Waals surface area contributed by atoms with Gasteiger partial charge in [-0.1, -0.05) is 0 Å². The van der Waals surface area contributed by atoms with E-state index in [0.29, 0.717) is 17.1 Å². The number of nitrogen functional groups attached to an aromatic ring is 1. The van der Waals surface area contributed by atoms with Crippen molar-refractivity contribution in [3.8, 4) is 5.75 Å². The number of hydrogen-bond donors (Lipinski definition) is 3. The molecule has 0 radical (unpaired) electrons. The first-order valence-electron chi connectivity index (χ1n) is 6.54.